The Morgan fingerprint density at radius 3 is 2.40 bits per heavy atom. The van der Waals surface area contributed by atoms with Gasteiger partial charge in [-0.05, 0) is 23.8 Å². The second kappa shape index (κ2) is 7.71. The van der Waals surface area contributed by atoms with E-state index in [0.717, 1.165) is 24.6 Å². The molecular formula is C19H18F3N3O4S. The normalized spacial score (nSPS) is 19.8. The van der Waals surface area contributed by atoms with Gasteiger partial charge in [0, 0.05) is 32.0 Å². The molecule has 2 amide bonds. The first-order valence-corrected chi connectivity index (χ1v) is 10.7. The van der Waals surface area contributed by atoms with Crippen LogP contribution in [0.4, 0.5) is 18.9 Å². The van der Waals surface area contributed by atoms with E-state index in [2.05, 4.69) is 10.3 Å². The van der Waals surface area contributed by atoms with Crippen molar-refractivity contribution in [1.29, 1.82) is 0 Å². The maximum atomic E-state index is 12.9. The van der Waals surface area contributed by atoms with E-state index in [1.165, 1.54) is 36.3 Å². The highest BCUT2D eigenvalue weighted by atomic mass is 32.2. The number of halogens is 3. The van der Waals surface area contributed by atoms with Crippen LogP contribution in [0.5, 0.6) is 0 Å². The summed E-state index contributed by atoms with van der Waals surface area (Å²) in [6, 6.07) is 5.51. The lowest BCUT2D eigenvalue weighted by Gasteiger charge is -2.18. The number of pyridine rings is 1. The number of hydrogen-bond donors (Lipinski definition) is 1. The molecule has 1 aromatic carbocycles. The van der Waals surface area contributed by atoms with Crippen LogP contribution in [0, 0.1) is 5.92 Å². The number of amides is 2. The summed E-state index contributed by atoms with van der Waals surface area (Å²) in [7, 11) is -2.18. The molecular weight excluding hydrogens is 423 g/mol. The highest BCUT2D eigenvalue weighted by Crippen LogP contribution is 2.36. The summed E-state index contributed by atoms with van der Waals surface area (Å²) in [5.74, 6) is -3.18. The standard InChI is InChI=1S/C19H18F3N3O4S/c1-25-10-13(11-3-5-12(6-4-11)19(20,21)22)16(18(25)27)17(26)24-14-9-23-8-7-15(14)30(2,28)29/h3-9,13,16H,10H2,1-2H3,(H,24,26)/t13-,16+/m1/s1. The number of sulfone groups is 1. The third-order valence-corrected chi connectivity index (χ3v) is 6.06. The molecule has 1 fully saturated rings. The zero-order valence-electron chi connectivity index (χ0n) is 16.0. The number of nitrogens with one attached hydrogen (secondary N) is 1. The van der Waals surface area contributed by atoms with E-state index < -0.39 is 45.2 Å². The zero-order valence-corrected chi connectivity index (χ0v) is 16.8. The Morgan fingerprint density at radius 1 is 1.20 bits per heavy atom. The van der Waals surface area contributed by atoms with E-state index in [1.807, 2.05) is 0 Å². The average molecular weight is 441 g/mol. The first-order valence-electron chi connectivity index (χ1n) is 8.76. The Kier molecular flexibility index (Phi) is 5.59. The first kappa shape index (κ1) is 21.8. The van der Waals surface area contributed by atoms with Crippen molar-refractivity contribution in [1.82, 2.24) is 9.88 Å². The summed E-state index contributed by atoms with van der Waals surface area (Å²) >= 11 is 0. The molecule has 0 radical (unpaired) electrons. The van der Waals surface area contributed by atoms with Crippen molar-refractivity contribution in [3.8, 4) is 0 Å². The van der Waals surface area contributed by atoms with E-state index >= 15 is 0 Å². The SMILES string of the molecule is CN1C[C@H](c2ccc(C(F)(F)F)cc2)[C@@H](C(=O)Nc2cnccc2S(C)(=O)=O)C1=O. The molecule has 0 bridgehead atoms. The number of anilines is 1. The molecule has 1 aromatic heterocycles. The summed E-state index contributed by atoms with van der Waals surface area (Å²) in [6.07, 6.45) is -1.12. The fourth-order valence-corrected chi connectivity index (χ4v) is 4.23. The summed E-state index contributed by atoms with van der Waals surface area (Å²) < 4.78 is 62.3. The van der Waals surface area contributed by atoms with Crippen LogP contribution in [0.1, 0.15) is 17.0 Å². The van der Waals surface area contributed by atoms with E-state index in [1.54, 1.807) is 0 Å². The van der Waals surface area contributed by atoms with Crippen molar-refractivity contribution < 1.29 is 31.2 Å². The zero-order chi connectivity index (χ0) is 22.3. The molecule has 0 unspecified atom stereocenters. The Bertz CT molecular complexity index is 1080. The number of alkyl halides is 3. The molecule has 1 N–H and O–H groups in total. The number of benzene rings is 1. The van der Waals surface area contributed by atoms with Crippen molar-refractivity contribution in [3.63, 3.8) is 0 Å². The van der Waals surface area contributed by atoms with Crippen molar-refractivity contribution in [2.45, 2.75) is 17.0 Å². The van der Waals surface area contributed by atoms with Crippen LogP contribution in [0.25, 0.3) is 0 Å². The fraction of sp³-hybridized carbons (Fsp3) is 0.316. The maximum Gasteiger partial charge on any atom is 0.416 e. The minimum absolute atomic E-state index is 0.0708. The lowest BCUT2D eigenvalue weighted by molar-refractivity contribution is -0.138. The Balaban J connectivity index is 1.91. The highest BCUT2D eigenvalue weighted by molar-refractivity contribution is 7.90. The number of carbonyl (C=O) groups is 2. The van der Waals surface area contributed by atoms with Gasteiger partial charge < -0.3 is 10.2 Å². The van der Waals surface area contributed by atoms with Crippen molar-refractivity contribution in [3.05, 3.63) is 53.9 Å². The number of nitrogens with zero attached hydrogens (tertiary/aromatic N) is 2. The highest BCUT2D eigenvalue weighted by Gasteiger charge is 2.44. The van der Waals surface area contributed by atoms with Crippen molar-refractivity contribution >= 4 is 27.3 Å². The lowest BCUT2D eigenvalue weighted by atomic mass is 9.87. The molecule has 0 saturated carbocycles. The Labute approximate surface area is 170 Å². The summed E-state index contributed by atoms with van der Waals surface area (Å²) in [6.45, 7) is 0.133. The molecule has 1 aliphatic heterocycles. The molecule has 1 saturated heterocycles. The number of likely N-dealkylation sites (tertiary alicyclic amines) is 1. The number of rotatable bonds is 4. The van der Waals surface area contributed by atoms with E-state index in [9.17, 15) is 31.2 Å². The van der Waals surface area contributed by atoms with Crippen LogP contribution in [0.15, 0.2) is 47.6 Å². The second-order valence-corrected chi connectivity index (χ2v) is 9.04. The average Bonchev–Trinajstić information content (AvgIpc) is 2.95. The van der Waals surface area contributed by atoms with Gasteiger partial charge in [0.1, 0.15) is 5.92 Å². The van der Waals surface area contributed by atoms with E-state index in [0.29, 0.717) is 5.56 Å². The van der Waals surface area contributed by atoms with Crippen LogP contribution in [-0.4, -0.2) is 50.0 Å². The molecule has 2 aromatic rings. The van der Waals surface area contributed by atoms with E-state index in [4.69, 9.17) is 0 Å². The predicted molar refractivity (Wildman–Crippen MR) is 101 cm³/mol. The van der Waals surface area contributed by atoms with Crippen LogP contribution >= 0.6 is 0 Å². The van der Waals surface area contributed by atoms with Crippen LogP contribution in [-0.2, 0) is 25.6 Å². The molecule has 2 atom stereocenters. The lowest BCUT2D eigenvalue weighted by Crippen LogP contribution is -2.33. The quantitative estimate of drug-likeness (QED) is 0.735. The third kappa shape index (κ3) is 4.30. The van der Waals surface area contributed by atoms with Crippen molar-refractivity contribution in [2.75, 3.05) is 25.2 Å². The van der Waals surface area contributed by atoms with Gasteiger partial charge in [-0.2, -0.15) is 13.2 Å². The van der Waals surface area contributed by atoms with E-state index in [-0.39, 0.29) is 17.1 Å². The molecule has 2 heterocycles. The molecule has 7 nitrogen and oxygen atoms in total. The smallest absolute Gasteiger partial charge is 0.344 e. The van der Waals surface area contributed by atoms with Gasteiger partial charge in [0.2, 0.25) is 11.8 Å². The van der Waals surface area contributed by atoms with Gasteiger partial charge in [-0.1, -0.05) is 12.1 Å². The Hall–Kier alpha value is -2.95. The molecule has 0 aliphatic carbocycles. The molecule has 30 heavy (non-hydrogen) atoms. The summed E-state index contributed by atoms with van der Waals surface area (Å²) in [5.41, 5.74) is -0.507. The van der Waals surface area contributed by atoms with Gasteiger partial charge >= 0.3 is 6.18 Å². The summed E-state index contributed by atoms with van der Waals surface area (Å²) in [5, 5.41) is 2.44. The summed E-state index contributed by atoms with van der Waals surface area (Å²) in [4.78, 5) is 30.4. The number of hydrogen-bond acceptors (Lipinski definition) is 5. The molecule has 11 heteroatoms. The van der Waals surface area contributed by atoms with Gasteiger partial charge in [-0.25, -0.2) is 8.42 Å². The predicted octanol–water partition coefficient (Wildman–Crippen LogP) is 2.31. The fourth-order valence-electron chi connectivity index (χ4n) is 3.42. The molecule has 0 spiro atoms. The van der Waals surface area contributed by atoms with Crippen LogP contribution in [0.2, 0.25) is 0 Å². The van der Waals surface area contributed by atoms with Crippen LogP contribution in [0.3, 0.4) is 0 Å². The van der Waals surface area contributed by atoms with Gasteiger partial charge in [0.15, 0.2) is 9.84 Å². The van der Waals surface area contributed by atoms with Gasteiger partial charge in [-0.3, -0.25) is 14.6 Å². The number of likely N-dealkylation sites (N-methyl/N-ethyl adjacent to an activating group) is 1. The topological polar surface area (TPSA) is 96.4 Å². The van der Waals surface area contributed by atoms with Gasteiger partial charge in [-0.15, -0.1) is 0 Å². The minimum Gasteiger partial charge on any atom is -0.344 e. The third-order valence-electron chi connectivity index (χ3n) is 4.90. The van der Waals surface area contributed by atoms with Crippen molar-refractivity contribution in [2.24, 2.45) is 5.92 Å². The second-order valence-electron chi connectivity index (χ2n) is 7.06. The number of aromatic nitrogens is 1. The monoisotopic (exact) mass is 441 g/mol. The van der Waals surface area contributed by atoms with Gasteiger partial charge in [0.05, 0.1) is 22.3 Å². The van der Waals surface area contributed by atoms with Gasteiger partial charge in [0.25, 0.3) is 0 Å². The minimum atomic E-state index is -4.50. The maximum absolute atomic E-state index is 12.9. The van der Waals surface area contributed by atoms with Crippen LogP contribution < -0.4 is 5.32 Å². The Morgan fingerprint density at radius 2 is 1.83 bits per heavy atom. The first-order chi connectivity index (χ1) is 13.9. The molecule has 1 aliphatic rings. The molecule has 3 rings (SSSR count). The number of carbonyl (C=O) groups excluding carboxylic acids is 2. The largest absolute Gasteiger partial charge is 0.416 e. The molecule has 160 valence electrons.